The summed E-state index contributed by atoms with van der Waals surface area (Å²) in [5.41, 5.74) is 9.31. The number of rotatable bonds is 3. The van der Waals surface area contributed by atoms with Gasteiger partial charge in [-0.2, -0.15) is 0 Å². The summed E-state index contributed by atoms with van der Waals surface area (Å²) in [6.07, 6.45) is 3.62. The lowest BCUT2D eigenvalue weighted by atomic mass is 10.0. The smallest absolute Gasteiger partial charge is 0.269 e. The molecule has 26 heavy (non-hydrogen) atoms. The summed E-state index contributed by atoms with van der Waals surface area (Å²) in [6, 6.07) is 13.2. The van der Waals surface area contributed by atoms with Crippen LogP contribution < -0.4 is 15.8 Å². The second kappa shape index (κ2) is 6.87. The highest BCUT2D eigenvalue weighted by atomic mass is 16.2. The normalized spacial score (nSPS) is 13.3. The molecule has 132 valence electrons. The summed E-state index contributed by atoms with van der Waals surface area (Å²) in [7, 11) is 0. The number of aromatic nitrogens is 2. The maximum atomic E-state index is 12.2. The third-order valence-corrected chi connectivity index (χ3v) is 4.54. The van der Waals surface area contributed by atoms with Gasteiger partial charge in [-0.05, 0) is 42.7 Å². The minimum Gasteiger partial charge on any atom is -0.362 e. The molecule has 0 aliphatic carbocycles. The molecule has 0 unspecified atom stereocenters. The molecular formula is C19H19N5O2. The number of carbonyl (C=O) groups is 2. The van der Waals surface area contributed by atoms with Gasteiger partial charge in [0, 0.05) is 17.8 Å². The number of imidazole rings is 1. The molecule has 0 saturated carbocycles. The molecule has 3 N–H and O–H groups in total. The van der Waals surface area contributed by atoms with Gasteiger partial charge in [-0.3, -0.25) is 20.4 Å². The lowest BCUT2D eigenvalue weighted by Gasteiger charge is -2.30. The van der Waals surface area contributed by atoms with Crippen LogP contribution in [0.15, 0.2) is 48.8 Å². The number of nitrogens with zero attached hydrogens (tertiary/aromatic N) is 2. The summed E-state index contributed by atoms with van der Waals surface area (Å²) in [5.74, 6) is -0.619. The number of para-hydroxylation sites is 1. The van der Waals surface area contributed by atoms with Crippen LogP contribution >= 0.6 is 0 Å². The Morgan fingerprint density at radius 2 is 2.04 bits per heavy atom. The molecule has 3 aromatic rings. The fourth-order valence-corrected chi connectivity index (χ4v) is 3.26. The number of hydrazine groups is 1. The number of benzene rings is 2. The Hall–Kier alpha value is -3.35. The summed E-state index contributed by atoms with van der Waals surface area (Å²) in [5, 5.41) is 0. The van der Waals surface area contributed by atoms with E-state index in [-0.39, 0.29) is 18.4 Å². The van der Waals surface area contributed by atoms with Crippen molar-refractivity contribution in [2.24, 2.45) is 0 Å². The maximum absolute atomic E-state index is 12.2. The van der Waals surface area contributed by atoms with Gasteiger partial charge in [0.25, 0.3) is 11.8 Å². The topological polar surface area (TPSA) is 90.1 Å². The molecule has 1 aliphatic heterocycles. The molecule has 2 amide bonds. The van der Waals surface area contributed by atoms with E-state index in [1.54, 1.807) is 24.5 Å². The van der Waals surface area contributed by atoms with Crippen LogP contribution in [-0.4, -0.2) is 34.9 Å². The first kappa shape index (κ1) is 16.1. The van der Waals surface area contributed by atoms with E-state index >= 15 is 0 Å². The second-order valence-electron chi connectivity index (χ2n) is 6.29. The van der Waals surface area contributed by atoms with Crippen molar-refractivity contribution in [1.29, 1.82) is 0 Å². The van der Waals surface area contributed by atoms with E-state index in [2.05, 4.69) is 26.9 Å². The van der Waals surface area contributed by atoms with Crippen LogP contribution in [0.4, 0.5) is 5.69 Å². The molecule has 7 heteroatoms. The zero-order valence-electron chi connectivity index (χ0n) is 14.2. The van der Waals surface area contributed by atoms with Gasteiger partial charge in [-0.1, -0.05) is 18.2 Å². The average molecular weight is 349 g/mol. The third kappa shape index (κ3) is 3.23. The van der Waals surface area contributed by atoms with Crippen LogP contribution in [-0.2, 0) is 11.2 Å². The lowest BCUT2D eigenvalue weighted by Crippen LogP contribution is -2.47. The molecule has 2 aromatic carbocycles. The summed E-state index contributed by atoms with van der Waals surface area (Å²) >= 11 is 0. The van der Waals surface area contributed by atoms with Crippen molar-refractivity contribution in [3.8, 4) is 0 Å². The van der Waals surface area contributed by atoms with Gasteiger partial charge in [0.2, 0.25) is 0 Å². The van der Waals surface area contributed by atoms with Gasteiger partial charge < -0.3 is 9.88 Å². The van der Waals surface area contributed by atoms with Crippen molar-refractivity contribution in [3.63, 3.8) is 0 Å². The number of fused-ring (bicyclic) bond motifs is 2. The Morgan fingerprint density at radius 1 is 1.15 bits per heavy atom. The summed E-state index contributed by atoms with van der Waals surface area (Å²) in [4.78, 5) is 33.6. The minimum absolute atomic E-state index is 0.205. The highest BCUT2D eigenvalue weighted by molar-refractivity contribution is 5.98. The zero-order valence-corrected chi connectivity index (χ0v) is 14.2. The molecule has 0 spiro atoms. The van der Waals surface area contributed by atoms with Crippen molar-refractivity contribution in [1.82, 2.24) is 20.8 Å². The van der Waals surface area contributed by atoms with E-state index in [4.69, 9.17) is 0 Å². The van der Waals surface area contributed by atoms with Crippen LogP contribution in [0.3, 0.4) is 0 Å². The number of nitrogens with one attached hydrogen (secondary N) is 3. The van der Waals surface area contributed by atoms with Crippen LogP contribution in [0, 0.1) is 0 Å². The largest absolute Gasteiger partial charge is 0.362 e. The molecule has 0 bridgehead atoms. The van der Waals surface area contributed by atoms with E-state index in [9.17, 15) is 9.59 Å². The highest BCUT2D eigenvalue weighted by Crippen LogP contribution is 2.26. The Balaban J connectivity index is 1.36. The number of hydrogen-bond acceptors (Lipinski definition) is 4. The number of anilines is 1. The van der Waals surface area contributed by atoms with Gasteiger partial charge in [-0.25, -0.2) is 4.98 Å². The van der Waals surface area contributed by atoms with Gasteiger partial charge in [-0.15, -0.1) is 0 Å². The van der Waals surface area contributed by atoms with Crippen LogP contribution in [0.5, 0.6) is 0 Å². The number of carbonyl (C=O) groups excluding carboxylic acids is 2. The molecule has 2 heterocycles. The van der Waals surface area contributed by atoms with Gasteiger partial charge >= 0.3 is 0 Å². The Bertz CT molecular complexity index is 965. The number of H-pyrrole nitrogens is 1. The van der Waals surface area contributed by atoms with Crippen molar-refractivity contribution >= 4 is 28.5 Å². The van der Waals surface area contributed by atoms with E-state index in [0.717, 1.165) is 36.1 Å². The van der Waals surface area contributed by atoms with Crippen molar-refractivity contribution < 1.29 is 9.59 Å². The number of amides is 2. The minimum atomic E-state index is -0.367. The predicted octanol–water partition coefficient (Wildman–Crippen LogP) is 1.78. The van der Waals surface area contributed by atoms with E-state index in [0.29, 0.717) is 5.56 Å². The molecule has 4 rings (SSSR count). The standard InChI is InChI=1S/C19H19N5O2/c25-18(11-24-9-3-5-13-4-1-2-6-17(13)24)22-23-19(26)14-7-8-15-16(10-14)21-12-20-15/h1-2,4,6-8,10,12H,3,5,9,11H2,(H,20,21)(H,22,25)(H,23,26). The predicted molar refractivity (Wildman–Crippen MR) is 98.7 cm³/mol. The fraction of sp³-hybridized carbons (Fsp3) is 0.211. The molecule has 1 aliphatic rings. The first-order chi connectivity index (χ1) is 12.7. The van der Waals surface area contributed by atoms with Gasteiger partial charge in [0.1, 0.15) is 0 Å². The zero-order chi connectivity index (χ0) is 17.9. The Morgan fingerprint density at radius 3 is 2.96 bits per heavy atom. The van der Waals surface area contributed by atoms with Crippen LogP contribution in [0.1, 0.15) is 22.3 Å². The average Bonchev–Trinajstić information content (AvgIpc) is 3.14. The molecule has 0 atom stereocenters. The van der Waals surface area contributed by atoms with Crippen LogP contribution in [0.2, 0.25) is 0 Å². The van der Waals surface area contributed by atoms with Crippen LogP contribution in [0.25, 0.3) is 11.0 Å². The van der Waals surface area contributed by atoms with Crippen molar-refractivity contribution in [2.75, 3.05) is 18.0 Å². The first-order valence-corrected chi connectivity index (χ1v) is 8.56. The monoisotopic (exact) mass is 349 g/mol. The number of hydrogen-bond donors (Lipinski definition) is 3. The third-order valence-electron chi connectivity index (χ3n) is 4.54. The van der Waals surface area contributed by atoms with E-state index in [1.807, 2.05) is 23.1 Å². The summed E-state index contributed by atoms with van der Waals surface area (Å²) < 4.78 is 0. The fourth-order valence-electron chi connectivity index (χ4n) is 3.26. The molecular weight excluding hydrogens is 330 g/mol. The lowest BCUT2D eigenvalue weighted by molar-refractivity contribution is -0.120. The second-order valence-corrected chi connectivity index (χ2v) is 6.29. The first-order valence-electron chi connectivity index (χ1n) is 8.56. The summed E-state index contributed by atoms with van der Waals surface area (Å²) in [6.45, 7) is 1.03. The van der Waals surface area contributed by atoms with Gasteiger partial charge in [0.15, 0.2) is 0 Å². The Labute approximate surface area is 150 Å². The molecule has 0 saturated heterocycles. The molecule has 7 nitrogen and oxygen atoms in total. The molecule has 0 fully saturated rings. The number of aromatic amines is 1. The van der Waals surface area contributed by atoms with Crippen molar-refractivity contribution in [3.05, 3.63) is 59.9 Å². The Kier molecular flexibility index (Phi) is 4.27. The van der Waals surface area contributed by atoms with Gasteiger partial charge in [0.05, 0.1) is 23.9 Å². The molecule has 0 radical (unpaired) electrons. The SMILES string of the molecule is O=C(CN1CCCc2ccccc21)NNC(=O)c1ccc2nc[nH]c2c1. The molecule has 1 aromatic heterocycles. The highest BCUT2D eigenvalue weighted by Gasteiger charge is 2.19. The van der Waals surface area contributed by atoms with Crippen molar-refractivity contribution in [2.45, 2.75) is 12.8 Å². The maximum Gasteiger partial charge on any atom is 0.269 e. The van der Waals surface area contributed by atoms with E-state index < -0.39 is 0 Å². The number of aryl methyl sites for hydroxylation is 1. The quantitative estimate of drug-likeness (QED) is 0.629. The van der Waals surface area contributed by atoms with E-state index in [1.165, 1.54) is 5.56 Å².